The van der Waals surface area contributed by atoms with Crippen LogP contribution in [0.2, 0.25) is 0 Å². The zero-order chi connectivity index (χ0) is 12.9. The highest BCUT2D eigenvalue weighted by Crippen LogP contribution is 2.29. The van der Waals surface area contributed by atoms with Gasteiger partial charge in [-0.05, 0) is 45.6 Å². The van der Waals surface area contributed by atoms with E-state index in [1.54, 1.807) is 6.92 Å². The molecule has 0 saturated carbocycles. The Bertz CT molecular complexity index is 363. The van der Waals surface area contributed by atoms with Crippen LogP contribution in [0.3, 0.4) is 0 Å². The van der Waals surface area contributed by atoms with E-state index in [2.05, 4.69) is 0 Å². The summed E-state index contributed by atoms with van der Waals surface area (Å²) in [5.74, 6) is -0.511. The summed E-state index contributed by atoms with van der Waals surface area (Å²) in [6.45, 7) is 6.63. The molecule has 1 aliphatic rings. The Labute approximate surface area is 102 Å². The van der Waals surface area contributed by atoms with Gasteiger partial charge in [0.1, 0.15) is 11.6 Å². The summed E-state index contributed by atoms with van der Waals surface area (Å²) in [6.07, 6.45) is 2.17. The van der Waals surface area contributed by atoms with Crippen LogP contribution >= 0.6 is 0 Å². The lowest BCUT2D eigenvalue weighted by molar-refractivity contribution is -0.138. The highest BCUT2D eigenvalue weighted by atomic mass is 16.5. The average Bonchev–Trinajstić information content (AvgIpc) is 2.41. The number of carbonyl (C=O) groups is 1. The Morgan fingerprint density at radius 3 is 2.88 bits per heavy atom. The fourth-order valence-electron chi connectivity index (χ4n) is 1.97. The van der Waals surface area contributed by atoms with Gasteiger partial charge in [0.25, 0.3) is 0 Å². The summed E-state index contributed by atoms with van der Waals surface area (Å²) in [5.41, 5.74) is 0.694. The Morgan fingerprint density at radius 1 is 1.59 bits per heavy atom. The van der Waals surface area contributed by atoms with Gasteiger partial charge >= 0.3 is 5.97 Å². The zero-order valence-electron chi connectivity index (χ0n) is 10.7. The third-order valence-corrected chi connectivity index (χ3v) is 2.70. The molecule has 94 valence electrons. The molecule has 1 aliphatic heterocycles. The molecule has 1 rings (SSSR count). The van der Waals surface area contributed by atoms with Gasteiger partial charge in [-0.1, -0.05) is 0 Å². The first kappa shape index (κ1) is 13.7. The molecule has 0 unspecified atom stereocenters. The van der Waals surface area contributed by atoms with E-state index in [1.165, 1.54) is 0 Å². The SMILES string of the molecule is CCOC(=O)/C(C#N)=C1/CCCOC(C)(C)C1. The van der Waals surface area contributed by atoms with Crippen LogP contribution in [0.25, 0.3) is 0 Å². The molecule has 0 bridgehead atoms. The maximum absolute atomic E-state index is 11.7. The Kier molecular flexibility index (Phi) is 4.71. The average molecular weight is 237 g/mol. The van der Waals surface area contributed by atoms with Crippen LogP contribution in [0.5, 0.6) is 0 Å². The topological polar surface area (TPSA) is 59.3 Å². The van der Waals surface area contributed by atoms with Crippen LogP contribution < -0.4 is 0 Å². The van der Waals surface area contributed by atoms with E-state index in [-0.39, 0.29) is 17.8 Å². The van der Waals surface area contributed by atoms with Crippen molar-refractivity contribution < 1.29 is 14.3 Å². The lowest BCUT2D eigenvalue weighted by Gasteiger charge is -2.23. The maximum Gasteiger partial charge on any atom is 0.348 e. The van der Waals surface area contributed by atoms with E-state index < -0.39 is 5.97 Å². The van der Waals surface area contributed by atoms with Crippen molar-refractivity contribution in [2.45, 2.75) is 45.6 Å². The van der Waals surface area contributed by atoms with Crippen LogP contribution in [0.4, 0.5) is 0 Å². The number of nitrogens with zero attached hydrogens (tertiary/aromatic N) is 1. The number of hydrogen-bond donors (Lipinski definition) is 0. The highest BCUT2D eigenvalue weighted by Gasteiger charge is 2.27. The largest absolute Gasteiger partial charge is 0.462 e. The zero-order valence-corrected chi connectivity index (χ0v) is 10.7. The summed E-state index contributed by atoms with van der Waals surface area (Å²) >= 11 is 0. The minimum Gasteiger partial charge on any atom is -0.462 e. The quantitative estimate of drug-likeness (QED) is 0.420. The van der Waals surface area contributed by atoms with Gasteiger partial charge in [0.2, 0.25) is 0 Å². The molecule has 1 fully saturated rings. The Morgan fingerprint density at radius 2 is 2.29 bits per heavy atom. The van der Waals surface area contributed by atoms with Gasteiger partial charge in [-0.25, -0.2) is 4.79 Å². The monoisotopic (exact) mass is 237 g/mol. The van der Waals surface area contributed by atoms with Crippen molar-refractivity contribution >= 4 is 5.97 Å². The molecule has 0 aromatic carbocycles. The van der Waals surface area contributed by atoms with Gasteiger partial charge in [0, 0.05) is 6.61 Å². The standard InChI is InChI=1S/C13H19NO3/c1-4-16-12(15)11(9-14)10-6-5-7-17-13(2,3)8-10/h4-8H2,1-3H3/b11-10-. The second-order valence-corrected chi connectivity index (χ2v) is 4.70. The normalized spacial score (nSPS) is 22.2. The summed E-state index contributed by atoms with van der Waals surface area (Å²) in [7, 11) is 0. The molecular weight excluding hydrogens is 218 g/mol. The van der Waals surface area contributed by atoms with Gasteiger partial charge in [-0.2, -0.15) is 5.26 Å². The van der Waals surface area contributed by atoms with E-state index in [0.29, 0.717) is 13.0 Å². The van der Waals surface area contributed by atoms with Gasteiger partial charge in [-0.3, -0.25) is 0 Å². The minimum atomic E-state index is -0.511. The summed E-state index contributed by atoms with van der Waals surface area (Å²) in [4.78, 5) is 11.7. The molecule has 0 amide bonds. The number of ether oxygens (including phenoxy) is 2. The molecule has 17 heavy (non-hydrogen) atoms. The predicted molar refractivity (Wildman–Crippen MR) is 63.2 cm³/mol. The Balaban J connectivity index is 2.98. The summed E-state index contributed by atoms with van der Waals surface area (Å²) in [5, 5.41) is 9.09. The first-order valence-electron chi connectivity index (χ1n) is 5.93. The second-order valence-electron chi connectivity index (χ2n) is 4.70. The molecular formula is C13H19NO3. The van der Waals surface area contributed by atoms with Gasteiger partial charge < -0.3 is 9.47 Å². The molecule has 0 aromatic rings. The number of rotatable bonds is 2. The van der Waals surface area contributed by atoms with Crippen molar-refractivity contribution in [3.05, 3.63) is 11.1 Å². The highest BCUT2D eigenvalue weighted by molar-refractivity contribution is 5.93. The maximum atomic E-state index is 11.7. The number of nitriles is 1. The van der Waals surface area contributed by atoms with Crippen molar-refractivity contribution in [1.82, 2.24) is 0 Å². The fraction of sp³-hybridized carbons (Fsp3) is 0.692. The molecule has 0 atom stereocenters. The summed E-state index contributed by atoms with van der Waals surface area (Å²) in [6, 6.07) is 1.97. The van der Waals surface area contributed by atoms with Crippen molar-refractivity contribution in [3.8, 4) is 6.07 Å². The van der Waals surface area contributed by atoms with Crippen molar-refractivity contribution in [3.63, 3.8) is 0 Å². The predicted octanol–water partition coefficient (Wildman–Crippen LogP) is 2.35. The van der Waals surface area contributed by atoms with E-state index in [4.69, 9.17) is 14.7 Å². The van der Waals surface area contributed by atoms with E-state index in [9.17, 15) is 4.79 Å². The first-order valence-corrected chi connectivity index (χ1v) is 5.93. The van der Waals surface area contributed by atoms with Gasteiger partial charge in [0.15, 0.2) is 0 Å². The smallest absolute Gasteiger partial charge is 0.348 e. The lowest BCUT2D eigenvalue weighted by atomic mass is 9.93. The van der Waals surface area contributed by atoms with Gasteiger partial charge in [0.05, 0.1) is 12.2 Å². The van der Waals surface area contributed by atoms with E-state index in [1.807, 2.05) is 19.9 Å². The molecule has 0 spiro atoms. The minimum absolute atomic E-state index is 0.158. The summed E-state index contributed by atoms with van der Waals surface area (Å²) < 4.78 is 10.6. The van der Waals surface area contributed by atoms with Crippen molar-refractivity contribution in [1.29, 1.82) is 5.26 Å². The van der Waals surface area contributed by atoms with Crippen molar-refractivity contribution in [2.24, 2.45) is 0 Å². The molecule has 1 saturated heterocycles. The molecule has 1 heterocycles. The van der Waals surface area contributed by atoms with Crippen LogP contribution in [-0.2, 0) is 14.3 Å². The van der Waals surface area contributed by atoms with E-state index in [0.717, 1.165) is 18.4 Å². The molecule has 4 heteroatoms. The lowest BCUT2D eigenvalue weighted by Crippen LogP contribution is -2.24. The van der Waals surface area contributed by atoms with Crippen LogP contribution in [0.1, 0.15) is 40.0 Å². The molecule has 0 aromatic heterocycles. The fourth-order valence-corrected chi connectivity index (χ4v) is 1.97. The molecule has 0 radical (unpaired) electrons. The third-order valence-electron chi connectivity index (χ3n) is 2.70. The van der Waals surface area contributed by atoms with Crippen LogP contribution in [-0.4, -0.2) is 24.8 Å². The first-order chi connectivity index (χ1) is 8.00. The van der Waals surface area contributed by atoms with E-state index >= 15 is 0 Å². The molecule has 0 aliphatic carbocycles. The number of esters is 1. The second kappa shape index (κ2) is 5.83. The van der Waals surface area contributed by atoms with Crippen molar-refractivity contribution in [2.75, 3.05) is 13.2 Å². The van der Waals surface area contributed by atoms with Gasteiger partial charge in [-0.15, -0.1) is 0 Å². The number of hydrogen-bond acceptors (Lipinski definition) is 4. The Hall–Kier alpha value is -1.34. The molecule has 4 nitrogen and oxygen atoms in total. The third kappa shape index (κ3) is 3.86. The molecule has 0 N–H and O–H groups in total. The van der Waals surface area contributed by atoms with Crippen LogP contribution in [0, 0.1) is 11.3 Å². The number of carbonyl (C=O) groups excluding carboxylic acids is 1. The van der Waals surface area contributed by atoms with Crippen LogP contribution in [0.15, 0.2) is 11.1 Å².